The van der Waals surface area contributed by atoms with Crippen molar-refractivity contribution in [1.29, 1.82) is 0 Å². The van der Waals surface area contributed by atoms with Crippen molar-refractivity contribution >= 4 is 11.0 Å². The fourth-order valence-electron chi connectivity index (χ4n) is 1.73. The number of aromatic nitrogens is 1. The fourth-order valence-corrected chi connectivity index (χ4v) is 1.73. The molecule has 0 N–H and O–H groups in total. The summed E-state index contributed by atoms with van der Waals surface area (Å²) < 4.78 is 5.49. The first kappa shape index (κ1) is 9.25. The molecule has 0 aromatic carbocycles. The molecule has 14 heavy (non-hydrogen) atoms. The van der Waals surface area contributed by atoms with Gasteiger partial charge in [-0.05, 0) is 24.0 Å². The standard InChI is InChI=1S/C12H15NO/c1-4-9-7-13-11(8(2)3)12-10(9)5-6-14-12/h5-8H,4H2,1-3H3. The van der Waals surface area contributed by atoms with Crippen LogP contribution in [0.3, 0.4) is 0 Å². The zero-order valence-corrected chi connectivity index (χ0v) is 8.87. The lowest BCUT2D eigenvalue weighted by atomic mass is 10.0. The molecule has 0 spiro atoms. The van der Waals surface area contributed by atoms with Crippen LogP contribution in [0.2, 0.25) is 0 Å². The molecular weight excluding hydrogens is 174 g/mol. The van der Waals surface area contributed by atoms with E-state index in [0.717, 1.165) is 17.7 Å². The third-order valence-corrected chi connectivity index (χ3v) is 2.53. The zero-order chi connectivity index (χ0) is 10.1. The maximum absolute atomic E-state index is 5.49. The van der Waals surface area contributed by atoms with Crippen molar-refractivity contribution in [3.63, 3.8) is 0 Å². The second-order valence-electron chi connectivity index (χ2n) is 3.84. The van der Waals surface area contributed by atoms with Crippen LogP contribution in [0.25, 0.3) is 11.0 Å². The van der Waals surface area contributed by atoms with Gasteiger partial charge in [0.15, 0.2) is 5.58 Å². The second kappa shape index (κ2) is 3.45. The molecule has 0 saturated carbocycles. The zero-order valence-electron chi connectivity index (χ0n) is 8.87. The Morgan fingerprint density at radius 1 is 1.43 bits per heavy atom. The summed E-state index contributed by atoms with van der Waals surface area (Å²) in [5.74, 6) is 0.412. The Morgan fingerprint density at radius 3 is 2.86 bits per heavy atom. The molecule has 0 saturated heterocycles. The molecule has 0 amide bonds. The van der Waals surface area contributed by atoms with Crippen molar-refractivity contribution in [3.8, 4) is 0 Å². The summed E-state index contributed by atoms with van der Waals surface area (Å²) in [6.45, 7) is 6.41. The molecule has 0 aliphatic carbocycles. The van der Waals surface area contributed by atoms with Gasteiger partial charge in [0.1, 0.15) is 0 Å². The summed E-state index contributed by atoms with van der Waals surface area (Å²) in [5, 5.41) is 1.21. The van der Waals surface area contributed by atoms with Gasteiger partial charge in [0.05, 0.1) is 12.0 Å². The Kier molecular flexibility index (Phi) is 2.28. The maximum atomic E-state index is 5.49. The Labute approximate surface area is 84.0 Å². The van der Waals surface area contributed by atoms with Crippen LogP contribution in [0.4, 0.5) is 0 Å². The number of rotatable bonds is 2. The van der Waals surface area contributed by atoms with Gasteiger partial charge in [-0.3, -0.25) is 4.98 Å². The summed E-state index contributed by atoms with van der Waals surface area (Å²) >= 11 is 0. The molecule has 0 bridgehead atoms. The van der Waals surface area contributed by atoms with Gasteiger partial charge in [-0.25, -0.2) is 0 Å². The minimum absolute atomic E-state index is 0.412. The Balaban J connectivity index is 2.72. The lowest BCUT2D eigenvalue weighted by Crippen LogP contribution is -1.95. The van der Waals surface area contributed by atoms with Crippen molar-refractivity contribution < 1.29 is 4.42 Å². The Morgan fingerprint density at radius 2 is 2.21 bits per heavy atom. The van der Waals surface area contributed by atoms with E-state index in [2.05, 4.69) is 25.8 Å². The minimum Gasteiger partial charge on any atom is -0.462 e. The van der Waals surface area contributed by atoms with Crippen molar-refractivity contribution in [2.24, 2.45) is 0 Å². The number of fused-ring (bicyclic) bond motifs is 1. The van der Waals surface area contributed by atoms with Crippen molar-refractivity contribution in [3.05, 3.63) is 29.8 Å². The van der Waals surface area contributed by atoms with Crippen LogP contribution in [0.15, 0.2) is 22.9 Å². The van der Waals surface area contributed by atoms with Crippen LogP contribution in [0.5, 0.6) is 0 Å². The third kappa shape index (κ3) is 1.31. The highest BCUT2D eigenvalue weighted by atomic mass is 16.3. The van der Waals surface area contributed by atoms with E-state index < -0.39 is 0 Å². The largest absolute Gasteiger partial charge is 0.462 e. The van der Waals surface area contributed by atoms with E-state index in [1.165, 1.54) is 10.9 Å². The molecule has 2 rings (SSSR count). The average molecular weight is 189 g/mol. The van der Waals surface area contributed by atoms with Gasteiger partial charge in [0.2, 0.25) is 0 Å². The number of aryl methyl sites for hydroxylation is 1. The van der Waals surface area contributed by atoms with E-state index >= 15 is 0 Å². The Bertz CT molecular complexity index is 443. The molecule has 0 unspecified atom stereocenters. The predicted molar refractivity (Wildman–Crippen MR) is 57.5 cm³/mol. The van der Waals surface area contributed by atoms with Crippen molar-refractivity contribution in [2.75, 3.05) is 0 Å². The normalized spacial score (nSPS) is 11.4. The number of hydrogen-bond acceptors (Lipinski definition) is 2. The van der Waals surface area contributed by atoms with Crippen LogP contribution in [0.1, 0.15) is 37.9 Å². The number of nitrogens with zero attached hydrogens (tertiary/aromatic N) is 1. The molecule has 0 aliphatic rings. The summed E-state index contributed by atoms with van der Waals surface area (Å²) in [6, 6.07) is 2.03. The van der Waals surface area contributed by atoms with E-state index in [9.17, 15) is 0 Å². The summed E-state index contributed by atoms with van der Waals surface area (Å²) in [4.78, 5) is 4.46. The minimum atomic E-state index is 0.412. The second-order valence-corrected chi connectivity index (χ2v) is 3.84. The topological polar surface area (TPSA) is 26.0 Å². The van der Waals surface area contributed by atoms with Gasteiger partial charge in [-0.1, -0.05) is 20.8 Å². The van der Waals surface area contributed by atoms with Gasteiger partial charge >= 0.3 is 0 Å². The first-order valence-electron chi connectivity index (χ1n) is 5.09. The van der Waals surface area contributed by atoms with E-state index in [-0.39, 0.29) is 0 Å². The van der Waals surface area contributed by atoms with Gasteiger partial charge in [0.25, 0.3) is 0 Å². The molecule has 2 heteroatoms. The summed E-state index contributed by atoms with van der Waals surface area (Å²) in [7, 11) is 0. The smallest absolute Gasteiger partial charge is 0.155 e. The van der Waals surface area contributed by atoms with Crippen molar-refractivity contribution in [1.82, 2.24) is 4.98 Å². The highest BCUT2D eigenvalue weighted by Gasteiger charge is 2.11. The van der Waals surface area contributed by atoms with Gasteiger partial charge in [-0.15, -0.1) is 0 Å². The fraction of sp³-hybridized carbons (Fsp3) is 0.417. The first-order chi connectivity index (χ1) is 6.74. The van der Waals surface area contributed by atoms with Crippen LogP contribution in [0, 0.1) is 0 Å². The van der Waals surface area contributed by atoms with Crippen LogP contribution >= 0.6 is 0 Å². The van der Waals surface area contributed by atoms with Crippen LogP contribution in [-0.2, 0) is 6.42 Å². The number of hydrogen-bond donors (Lipinski definition) is 0. The Hall–Kier alpha value is -1.31. The van der Waals surface area contributed by atoms with Gasteiger partial charge in [-0.2, -0.15) is 0 Å². The summed E-state index contributed by atoms with van der Waals surface area (Å²) in [5.41, 5.74) is 3.28. The molecule has 0 aliphatic heterocycles. The molecule has 2 aromatic heterocycles. The van der Waals surface area contributed by atoms with E-state index in [4.69, 9.17) is 4.42 Å². The van der Waals surface area contributed by atoms with Gasteiger partial charge < -0.3 is 4.42 Å². The molecule has 0 radical (unpaired) electrons. The lowest BCUT2D eigenvalue weighted by Gasteiger charge is -2.06. The molecule has 2 heterocycles. The SMILES string of the molecule is CCc1cnc(C(C)C)c2occc12. The molecule has 2 nitrogen and oxygen atoms in total. The monoisotopic (exact) mass is 189 g/mol. The summed E-state index contributed by atoms with van der Waals surface area (Å²) in [6.07, 6.45) is 4.71. The quantitative estimate of drug-likeness (QED) is 0.722. The average Bonchev–Trinajstić information content (AvgIpc) is 2.64. The van der Waals surface area contributed by atoms with E-state index in [0.29, 0.717) is 5.92 Å². The van der Waals surface area contributed by atoms with Crippen molar-refractivity contribution in [2.45, 2.75) is 33.1 Å². The molecule has 2 aromatic rings. The lowest BCUT2D eigenvalue weighted by molar-refractivity contribution is 0.602. The highest BCUT2D eigenvalue weighted by molar-refractivity contribution is 5.82. The van der Waals surface area contributed by atoms with Crippen LogP contribution < -0.4 is 0 Å². The molecule has 0 atom stereocenters. The highest BCUT2D eigenvalue weighted by Crippen LogP contribution is 2.26. The third-order valence-electron chi connectivity index (χ3n) is 2.53. The predicted octanol–water partition coefficient (Wildman–Crippen LogP) is 3.51. The molecule has 0 fully saturated rings. The van der Waals surface area contributed by atoms with Crippen LogP contribution in [-0.4, -0.2) is 4.98 Å². The first-order valence-corrected chi connectivity index (χ1v) is 5.09. The number of furan rings is 1. The van der Waals surface area contributed by atoms with E-state index in [1.807, 2.05) is 12.3 Å². The molecular formula is C12H15NO. The maximum Gasteiger partial charge on any atom is 0.155 e. The number of pyridine rings is 1. The molecule has 74 valence electrons. The van der Waals surface area contributed by atoms with Gasteiger partial charge in [0, 0.05) is 11.6 Å². The van der Waals surface area contributed by atoms with E-state index in [1.54, 1.807) is 6.26 Å².